The van der Waals surface area contributed by atoms with Gasteiger partial charge in [-0.25, -0.2) is 4.98 Å². The number of aromatic nitrogens is 2. The number of aryl methyl sites for hydroxylation is 1. The third-order valence-corrected chi connectivity index (χ3v) is 4.28. The normalized spacial score (nSPS) is 12.0. The highest BCUT2D eigenvalue weighted by Gasteiger charge is 2.16. The van der Waals surface area contributed by atoms with E-state index in [2.05, 4.69) is 23.2 Å². The maximum absolute atomic E-state index is 12.6. The SMILES string of the molecule is Cn1c(=O)c(CC(CC#N)Cc2ccccc2)nc2ccccc21. The van der Waals surface area contributed by atoms with Crippen molar-refractivity contribution in [2.24, 2.45) is 13.0 Å². The fraction of sp³-hybridized carbons (Fsp3) is 0.250. The van der Waals surface area contributed by atoms with E-state index >= 15 is 0 Å². The molecule has 1 unspecified atom stereocenters. The molecule has 1 heterocycles. The Morgan fingerprint density at radius 1 is 1.08 bits per heavy atom. The van der Waals surface area contributed by atoms with E-state index in [9.17, 15) is 4.79 Å². The van der Waals surface area contributed by atoms with Crippen molar-refractivity contribution < 1.29 is 0 Å². The fourth-order valence-corrected chi connectivity index (χ4v) is 3.04. The van der Waals surface area contributed by atoms with Gasteiger partial charge in [0, 0.05) is 13.5 Å². The van der Waals surface area contributed by atoms with E-state index in [1.54, 1.807) is 11.6 Å². The van der Waals surface area contributed by atoms with Crippen LogP contribution in [-0.4, -0.2) is 9.55 Å². The van der Waals surface area contributed by atoms with Crippen molar-refractivity contribution in [3.8, 4) is 6.07 Å². The summed E-state index contributed by atoms with van der Waals surface area (Å²) in [6.07, 6.45) is 1.69. The second kappa shape index (κ2) is 7.10. The molecule has 24 heavy (non-hydrogen) atoms. The van der Waals surface area contributed by atoms with Crippen molar-refractivity contribution in [2.45, 2.75) is 19.3 Å². The van der Waals surface area contributed by atoms with Gasteiger partial charge in [0.15, 0.2) is 0 Å². The van der Waals surface area contributed by atoms with Crippen LogP contribution in [0.15, 0.2) is 59.4 Å². The zero-order valence-electron chi connectivity index (χ0n) is 13.6. The molecule has 0 aliphatic carbocycles. The number of nitrogens with zero attached hydrogens (tertiary/aromatic N) is 3. The first kappa shape index (κ1) is 15.9. The van der Waals surface area contributed by atoms with Crippen LogP contribution in [-0.2, 0) is 19.9 Å². The molecule has 0 saturated carbocycles. The van der Waals surface area contributed by atoms with Crippen LogP contribution in [0.2, 0.25) is 0 Å². The van der Waals surface area contributed by atoms with Gasteiger partial charge < -0.3 is 4.57 Å². The van der Waals surface area contributed by atoms with E-state index < -0.39 is 0 Å². The Morgan fingerprint density at radius 2 is 1.79 bits per heavy atom. The standard InChI is InChI=1S/C20H19N3O/c1-23-19-10-6-5-9-17(19)22-18(20(23)24)14-16(11-12-21)13-15-7-3-2-4-8-15/h2-10,16H,11,13-14H2,1H3. The van der Waals surface area contributed by atoms with Crippen molar-refractivity contribution in [2.75, 3.05) is 0 Å². The van der Waals surface area contributed by atoms with Crippen LogP contribution in [0.25, 0.3) is 11.0 Å². The molecule has 3 rings (SSSR count). The number of nitriles is 1. The van der Waals surface area contributed by atoms with Crippen LogP contribution in [0, 0.1) is 17.2 Å². The first-order chi connectivity index (χ1) is 11.7. The summed E-state index contributed by atoms with van der Waals surface area (Å²) in [7, 11) is 1.77. The molecule has 0 spiro atoms. The molecule has 0 aliphatic heterocycles. The highest BCUT2D eigenvalue weighted by Crippen LogP contribution is 2.17. The van der Waals surface area contributed by atoms with Crippen molar-refractivity contribution in [1.29, 1.82) is 5.26 Å². The minimum atomic E-state index is -0.0790. The lowest BCUT2D eigenvalue weighted by Crippen LogP contribution is -2.25. The summed E-state index contributed by atoms with van der Waals surface area (Å²) in [6, 6.07) is 19.9. The van der Waals surface area contributed by atoms with Gasteiger partial charge in [0.2, 0.25) is 0 Å². The zero-order chi connectivity index (χ0) is 16.9. The number of rotatable bonds is 5. The van der Waals surface area contributed by atoms with Gasteiger partial charge >= 0.3 is 0 Å². The lowest BCUT2D eigenvalue weighted by molar-refractivity contribution is 0.523. The van der Waals surface area contributed by atoms with Crippen LogP contribution in [0.3, 0.4) is 0 Å². The summed E-state index contributed by atoms with van der Waals surface area (Å²) in [4.78, 5) is 17.1. The number of para-hydroxylation sites is 2. The molecule has 4 nitrogen and oxygen atoms in total. The van der Waals surface area contributed by atoms with E-state index in [4.69, 9.17) is 5.26 Å². The first-order valence-corrected chi connectivity index (χ1v) is 8.04. The molecule has 3 aromatic rings. The predicted molar refractivity (Wildman–Crippen MR) is 94.6 cm³/mol. The van der Waals surface area contributed by atoms with E-state index in [1.165, 1.54) is 5.56 Å². The van der Waals surface area contributed by atoms with Crippen molar-refractivity contribution >= 4 is 11.0 Å². The minimum absolute atomic E-state index is 0.0790. The molecule has 1 aromatic heterocycles. The number of hydrogen-bond acceptors (Lipinski definition) is 3. The smallest absolute Gasteiger partial charge is 0.272 e. The van der Waals surface area contributed by atoms with Crippen molar-refractivity contribution in [1.82, 2.24) is 9.55 Å². The molecule has 4 heteroatoms. The van der Waals surface area contributed by atoms with Crippen molar-refractivity contribution in [3.05, 3.63) is 76.2 Å². The van der Waals surface area contributed by atoms with Crippen LogP contribution in [0.4, 0.5) is 0 Å². The summed E-state index contributed by atoms with van der Waals surface area (Å²) in [5, 5.41) is 9.13. The number of benzene rings is 2. The largest absolute Gasteiger partial charge is 0.308 e. The molecule has 0 bridgehead atoms. The van der Waals surface area contributed by atoms with E-state index in [-0.39, 0.29) is 11.5 Å². The molecular formula is C20H19N3O. The fourth-order valence-electron chi connectivity index (χ4n) is 3.04. The topological polar surface area (TPSA) is 58.7 Å². The van der Waals surface area contributed by atoms with Gasteiger partial charge in [0.1, 0.15) is 5.69 Å². The van der Waals surface area contributed by atoms with Crippen LogP contribution >= 0.6 is 0 Å². The van der Waals surface area contributed by atoms with Crippen LogP contribution in [0.1, 0.15) is 17.7 Å². The van der Waals surface area contributed by atoms with E-state index in [0.29, 0.717) is 18.5 Å². The third-order valence-electron chi connectivity index (χ3n) is 4.28. The molecule has 0 saturated heterocycles. The summed E-state index contributed by atoms with van der Waals surface area (Å²) in [5.74, 6) is 0.0822. The Balaban J connectivity index is 1.92. The molecular weight excluding hydrogens is 298 g/mol. The average Bonchev–Trinajstić information content (AvgIpc) is 2.60. The number of fused-ring (bicyclic) bond motifs is 1. The third kappa shape index (κ3) is 3.36. The molecule has 1 atom stereocenters. The molecule has 120 valence electrons. The highest BCUT2D eigenvalue weighted by molar-refractivity contribution is 5.74. The predicted octanol–water partition coefficient (Wildman–Crippen LogP) is 3.25. The van der Waals surface area contributed by atoms with Gasteiger partial charge in [-0.3, -0.25) is 4.79 Å². The molecule has 0 N–H and O–H groups in total. The molecule has 0 aliphatic rings. The molecule has 0 radical (unpaired) electrons. The second-order valence-electron chi connectivity index (χ2n) is 6.03. The van der Waals surface area contributed by atoms with Gasteiger partial charge in [-0.1, -0.05) is 42.5 Å². The Hall–Kier alpha value is -2.93. The summed E-state index contributed by atoms with van der Waals surface area (Å²) in [5.41, 5.74) is 3.27. The maximum Gasteiger partial charge on any atom is 0.272 e. The molecule has 2 aromatic carbocycles. The lowest BCUT2D eigenvalue weighted by atomic mass is 9.92. The first-order valence-electron chi connectivity index (χ1n) is 8.04. The average molecular weight is 317 g/mol. The number of hydrogen-bond donors (Lipinski definition) is 0. The van der Waals surface area contributed by atoms with E-state index in [1.807, 2.05) is 42.5 Å². The van der Waals surface area contributed by atoms with Crippen molar-refractivity contribution in [3.63, 3.8) is 0 Å². The zero-order valence-corrected chi connectivity index (χ0v) is 13.6. The summed E-state index contributed by atoms with van der Waals surface area (Å²) < 4.78 is 1.64. The van der Waals surface area contributed by atoms with Gasteiger partial charge in [0.05, 0.1) is 17.1 Å². The van der Waals surface area contributed by atoms with E-state index in [0.717, 1.165) is 17.5 Å². The van der Waals surface area contributed by atoms with Crippen LogP contribution in [0.5, 0.6) is 0 Å². The van der Waals surface area contributed by atoms with Crippen LogP contribution < -0.4 is 5.56 Å². The van der Waals surface area contributed by atoms with Gasteiger partial charge in [-0.2, -0.15) is 5.26 Å². The molecule has 0 fully saturated rings. The highest BCUT2D eigenvalue weighted by atomic mass is 16.1. The van der Waals surface area contributed by atoms with Gasteiger partial charge in [-0.15, -0.1) is 0 Å². The second-order valence-corrected chi connectivity index (χ2v) is 6.03. The Morgan fingerprint density at radius 3 is 2.54 bits per heavy atom. The summed E-state index contributed by atoms with van der Waals surface area (Å²) >= 11 is 0. The monoisotopic (exact) mass is 317 g/mol. The van der Waals surface area contributed by atoms with Gasteiger partial charge in [-0.05, 0) is 36.5 Å². The summed E-state index contributed by atoms with van der Waals surface area (Å²) in [6.45, 7) is 0. The lowest BCUT2D eigenvalue weighted by Gasteiger charge is -2.14. The minimum Gasteiger partial charge on any atom is -0.308 e. The Labute approximate surface area is 141 Å². The molecule has 0 amide bonds. The maximum atomic E-state index is 12.6. The van der Waals surface area contributed by atoms with Gasteiger partial charge in [0.25, 0.3) is 5.56 Å². The Kier molecular flexibility index (Phi) is 4.72. The quantitative estimate of drug-likeness (QED) is 0.726. The Bertz CT molecular complexity index is 938.